The van der Waals surface area contributed by atoms with Crippen LogP contribution in [0.2, 0.25) is 0 Å². The van der Waals surface area contributed by atoms with Gasteiger partial charge in [0.1, 0.15) is 18.1 Å². The fourth-order valence-corrected chi connectivity index (χ4v) is 3.95. The minimum atomic E-state index is -3.48. The zero-order valence-electron chi connectivity index (χ0n) is 15.5. The third-order valence-electron chi connectivity index (χ3n) is 4.27. The predicted octanol–water partition coefficient (Wildman–Crippen LogP) is 0.709. The summed E-state index contributed by atoms with van der Waals surface area (Å²) in [6, 6.07) is 7.20. The summed E-state index contributed by atoms with van der Waals surface area (Å²) in [5, 5.41) is 2.82. The lowest BCUT2D eigenvalue weighted by molar-refractivity contribution is -0.126. The highest BCUT2D eigenvalue weighted by Gasteiger charge is 2.33. The van der Waals surface area contributed by atoms with E-state index in [2.05, 4.69) is 5.32 Å². The van der Waals surface area contributed by atoms with Crippen LogP contribution in [0.15, 0.2) is 24.3 Å². The van der Waals surface area contributed by atoms with Gasteiger partial charge in [-0.2, -0.15) is 17.0 Å². The third-order valence-corrected chi connectivity index (χ3v) is 6.18. The smallest absolute Gasteiger partial charge is 0.281 e. The van der Waals surface area contributed by atoms with E-state index >= 15 is 0 Å². The molecule has 1 saturated heterocycles. The normalized spacial score (nSPS) is 18.5. The SMILES string of the molecule is COc1ccc(OCCNC(=O)[C@H]2CCCN(S(=O)(=O)N(C)C)C2)cc1. The van der Waals surface area contributed by atoms with E-state index in [9.17, 15) is 13.2 Å². The molecular weight excluding hydrogens is 358 g/mol. The topological polar surface area (TPSA) is 88.2 Å². The van der Waals surface area contributed by atoms with Crippen LogP contribution in [0, 0.1) is 5.92 Å². The summed E-state index contributed by atoms with van der Waals surface area (Å²) in [5.41, 5.74) is 0. The van der Waals surface area contributed by atoms with E-state index in [0.29, 0.717) is 38.3 Å². The van der Waals surface area contributed by atoms with Crippen molar-refractivity contribution >= 4 is 16.1 Å². The van der Waals surface area contributed by atoms with Gasteiger partial charge >= 0.3 is 0 Å². The molecule has 0 spiro atoms. The zero-order valence-corrected chi connectivity index (χ0v) is 16.3. The van der Waals surface area contributed by atoms with E-state index in [1.807, 2.05) is 0 Å². The van der Waals surface area contributed by atoms with Crippen LogP contribution in [-0.4, -0.2) is 70.4 Å². The van der Waals surface area contributed by atoms with Gasteiger partial charge in [0, 0.05) is 27.2 Å². The van der Waals surface area contributed by atoms with E-state index in [1.165, 1.54) is 22.7 Å². The molecule has 0 saturated carbocycles. The van der Waals surface area contributed by atoms with Crippen LogP contribution >= 0.6 is 0 Å². The molecule has 26 heavy (non-hydrogen) atoms. The van der Waals surface area contributed by atoms with Crippen molar-refractivity contribution in [1.29, 1.82) is 0 Å². The molecule has 1 heterocycles. The molecule has 1 aliphatic rings. The maximum absolute atomic E-state index is 12.3. The Labute approximate surface area is 155 Å². The first-order valence-electron chi connectivity index (χ1n) is 8.56. The van der Waals surface area contributed by atoms with Crippen molar-refractivity contribution in [3.63, 3.8) is 0 Å². The van der Waals surface area contributed by atoms with Crippen LogP contribution in [0.5, 0.6) is 11.5 Å². The number of nitrogens with one attached hydrogen (secondary N) is 1. The van der Waals surface area contributed by atoms with E-state index in [0.717, 1.165) is 5.75 Å². The summed E-state index contributed by atoms with van der Waals surface area (Å²) in [7, 11) is 1.11. The van der Waals surface area contributed by atoms with Crippen LogP contribution in [0.4, 0.5) is 0 Å². The number of benzene rings is 1. The molecule has 1 fully saturated rings. The van der Waals surface area contributed by atoms with Crippen LogP contribution in [-0.2, 0) is 15.0 Å². The predicted molar refractivity (Wildman–Crippen MR) is 98.4 cm³/mol. The number of amides is 1. The van der Waals surface area contributed by atoms with E-state index in [1.54, 1.807) is 31.4 Å². The second-order valence-electron chi connectivity index (χ2n) is 6.30. The first-order valence-corrected chi connectivity index (χ1v) is 9.96. The summed E-state index contributed by atoms with van der Waals surface area (Å²) in [6.07, 6.45) is 1.36. The molecule has 0 bridgehead atoms. The summed E-state index contributed by atoms with van der Waals surface area (Å²) >= 11 is 0. The molecule has 0 radical (unpaired) electrons. The Hall–Kier alpha value is -1.84. The second-order valence-corrected chi connectivity index (χ2v) is 8.44. The van der Waals surface area contributed by atoms with Gasteiger partial charge in [-0.3, -0.25) is 4.79 Å². The first-order chi connectivity index (χ1) is 12.3. The van der Waals surface area contributed by atoms with Gasteiger partial charge in [0.05, 0.1) is 19.6 Å². The number of hydrogen-bond acceptors (Lipinski definition) is 5. The highest BCUT2D eigenvalue weighted by molar-refractivity contribution is 7.86. The van der Waals surface area contributed by atoms with Crippen molar-refractivity contribution in [2.75, 3.05) is 47.4 Å². The maximum atomic E-state index is 12.3. The fourth-order valence-electron chi connectivity index (χ4n) is 2.76. The molecule has 0 aromatic heterocycles. The summed E-state index contributed by atoms with van der Waals surface area (Å²) < 4.78 is 37.6. The van der Waals surface area contributed by atoms with Crippen LogP contribution in [0.1, 0.15) is 12.8 Å². The lowest BCUT2D eigenvalue weighted by atomic mass is 9.99. The van der Waals surface area contributed by atoms with Crippen molar-refractivity contribution < 1.29 is 22.7 Å². The number of nitrogens with zero attached hydrogens (tertiary/aromatic N) is 2. The number of ether oxygens (including phenoxy) is 2. The maximum Gasteiger partial charge on any atom is 0.281 e. The first kappa shape index (κ1) is 20.5. The summed E-state index contributed by atoms with van der Waals surface area (Å²) in [4.78, 5) is 12.3. The minimum absolute atomic E-state index is 0.137. The van der Waals surface area contributed by atoms with Gasteiger partial charge in [-0.05, 0) is 37.1 Å². The molecule has 0 unspecified atom stereocenters. The number of rotatable bonds is 8. The number of hydrogen-bond donors (Lipinski definition) is 1. The Morgan fingerprint density at radius 1 is 1.27 bits per heavy atom. The average molecular weight is 385 g/mol. The van der Waals surface area contributed by atoms with Crippen molar-refractivity contribution in [3.8, 4) is 11.5 Å². The Morgan fingerprint density at radius 3 is 2.54 bits per heavy atom. The van der Waals surface area contributed by atoms with Crippen LogP contribution < -0.4 is 14.8 Å². The van der Waals surface area contributed by atoms with Crippen molar-refractivity contribution in [1.82, 2.24) is 13.9 Å². The van der Waals surface area contributed by atoms with Gasteiger partial charge < -0.3 is 14.8 Å². The molecule has 9 heteroatoms. The molecule has 1 aliphatic heterocycles. The van der Waals surface area contributed by atoms with Gasteiger partial charge in [-0.1, -0.05) is 0 Å². The van der Waals surface area contributed by atoms with Crippen LogP contribution in [0.25, 0.3) is 0 Å². The summed E-state index contributed by atoms with van der Waals surface area (Å²) in [5.74, 6) is 0.975. The monoisotopic (exact) mass is 385 g/mol. The van der Waals surface area contributed by atoms with Gasteiger partial charge in [-0.25, -0.2) is 0 Å². The lowest BCUT2D eigenvalue weighted by Gasteiger charge is -2.32. The zero-order chi connectivity index (χ0) is 19.2. The molecule has 1 N–H and O–H groups in total. The molecule has 2 rings (SSSR count). The standard InChI is InChI=1S/C17H27N3O5S/c1-19(2)26(22,23)20-11-4-5-14(13-20)17(21)18-10-12-25-16-8-6-15(24-3)7-9-16/h6-9,14H,4-5,10-13H2,1-3H3,(H,18,21)/t14-/m0/s1. The van der Waals surface area contributed by atoms with Gasteiger partial charge in [-0.15, -0.1) is 0 Å². The highest BCUT2D eigenvalue weighted by atomic mass is 32.2. The third kappa shape index (κ3) is 5.33. The summed E-state index contributed by atoms with van der Waals surface area (Å²) in [6.45, 7) is 1.36. The average Bonchev–Trinajstić information content (AvgIpc) is 2.65. The van der Waals surface area contributed by atoms with E-state index < -0.39 is 10.2 Å². The number of carbonyl (C=O) groups is 1. The Morgan fingerprint density at radius 2 is 1.92 bits per heavy atom. The quantitative estimate of drug-likeness (QED) is 0.666. The number of methoxy groups -OCH3 is 1. The van der Waals surface area contributed by atoms with E-state index in [-0.39, 0.29) is 18.4 Å². The van der Waals surface area contributed by atoms with Crippen molar-refractivity contribution in [2.45, 2.75) is 12.8 Å². The van der Waals surface area contributed by atoms with Crippen LogP contribution in [0.3, 0.4) is 0 Å². The largest absolute Gasteiger partial charge is 0.497 e. The van der Waals surface area contributed by atoms with Gasteiger partial charge in [0.25, 0.3) is 10.2 Å². The molecule has 1 aromatic carbocycles. The molecule has 1 amide bonds. The molecule has 146 valence electrons. The molecule has 0 aliphatic carbocycles. The Balaban J connectivity index is 1.76. The molecule has 1 atom stereocenters. The number of carbonyl (C=O) groups excluding carboxylic acids is 1. The fraction of sp³-hybridized carbons (Fsp3) is 0.588. The highest BCUT2D eigenvalue weighted by Crippen LogP contribution is 2.20. The molecular formula is C17H27N3O5S. The Bertz CT molecular complexity index is 691. The second kappa shape index (κ2) is 9.20. The lowest BCUT2D eigenvalue weighted by Crippen LogP contribution is -2.49. The minimum Gasteiger partial charge on any atom is -0.497 e. The Kier molecular flexibility index (Phi) is 7.24. The molecule has 8 nitrogen and oxygen atoms in total. The van der Waals surface area contributed by atoms with Crippen molar-refractivity contribution in [2.24, 2.45) is 5.92 Å². The number of piperidine rings is 1. The molecule has 1 aromatic rings. The van der Waals surface area contributed by atoms with E-state index in [4.69, 9.17) is 9.47 Å². The van der Waals surface area contributed by atoms with Crippen molar-refractivity contribution in [3.05, 3.63) is 24.3 Å². The van der Waals surface area contributed by atoms with Gasteiger partial charge in [0.15, 0.2) is 0 Å². The van der Waals surface area contributed by atoms with Gasteiger partial charge in [0.2, 0.25) is 5.91 Å².